The number of anilines is 1. The van der Waals surface area contributed by atoms with Crippen molar-refractivity contribution in [1.29, 1.82) is 0 Å². The highest BCUT2D eigenvalue weighted by molar-refractivity contribution is 6.00. The first-order chi connectivity index (χ1) is 21.1. The van der Waals surface area contributed by atoms with E-state index in [-0.39, 0.29) is 38.3 Å². The van der Waals surface area contributed by atoms with Crippen LogP contribution in [0.1, 0.15) is 51.6 Å². The quantitative estimate of drug-likeness (QED) is 0.375. The zero-order valence-electron chi connectivity index (χ0n) is 26.4. The van der Waals surface area contributed by atoms with Crippen molar-refractivity contribution >= 4 is 34.6 Å². The number of hydrogen-bond donors (Lipinski definition) is 0. The molecule has 0 saturated carbocycles. The van der Waals surface area contributed by atoms with Crippen molar-refractivity contribution in [1.82, 2.24) is 18.9 Å². The van der Waals surface area contributed by atoms with E-state index in [1.165, 1.54) is 21.1 Å². The van der Waals surface area contributed by atoms with Gasteiger partial charge >= 0.3 is 11.8 Å². The standard InChI is InChI=1S/C32H39F2N5O6/c1-31(2,3)45-30(43)35(4)25-16-17-37(19-32(25,33)34)22-8-7-9-23-27(22)36(5)29(42)39(23)24-14-15-26(40)38(28(24)41)18-20-10-12-21(44-6)13-11-20/h7-13,24-25H,14-19H2,1-6H3. The molecule has 0 N–H and O–H groups in total. The molecule has 1 aromatic heterocycles. The van der Waals surface area contributed by atoms with E-state index in [4.69, 9.17) is 9.47 Å². The molecule has 0 radical (unpaired) electrons. The van der Waals surface area contributed by atoms with Crippen LogP contribution in [0, 0.1) is 0 Å². The Morgan fingerprint density at radius 1 is 1.07 bits per heavy atom. The van der Waals surface area contributed by atoms with Crippen molar-refractivity contribution in [3.8, 4) is 5.75 Å². The molecule has 2 atom stereocenters. The summed E-state index contributed by atoms with van der Waals surface area (Å²) in [4.78, 5) is 56.5. The minimum absolute atomic E-state index is 0.0304. The maximum atomic E-state index is 15.6. The van der Waals surface area contributed by atoms with Gasteiger partial charge < -0.3 is 19.3 Å². The van der Waals surface area contributed by atoms with Crippen LogP contribution in [0.5, 0.6) is 5.75 Å². The minimum Gasteiger partial charge on any atom is -0.497 e. The summed E-state index contributed by atoms with van der Waals surface area (Å²) in [6.07, 6.45) is -0.642. The third-order valence-corrected chi connectivity index (χ3v) is 8.43. The van der Waals surface area contributed by atoms with Crippen LogP contribution in [0.3, 0.4) is 0 Å². The molecule has 2 saturated heterocycles. The lowest BCUT2D eigenvalue weighted by Gasteiger charge is -2.43. The monoisotopic (exact) mass is 627 g/mol. The second-order valence-electron chi connectivity index (χ2n) is 12.7. The molecule has 2 fully saturated rings. The molecular formula is C32H39F2N5O6. The predicted octanol–water partition coefficient (Wildman–Crippen LogP) is 4.32. The number of benzene rings is 2. The Morgan fingerprint density at radius 3 is 2.38 bits per heavy atom. The van der Waals surface area contributed by atoms with E-state index in [1.54, 1.807) is 77.4 Å². The SMILES string of the molecule is COc1ccc(CN2C(=O)CCC(n3c(=O)n(C)c4c(N5CCC(N(C)C(=O)OC(C)(C)C)C(F)(F)C5)cccc43)C2=O)cc1. The van der Waals surface area contributed by atoms with Gasteiger partial charge in [-0.15, -0.1) is 0 Å². The number of nitrogens with zero attached hydrogens (tertiary/aromatic N) is 5. The number of imidazole rings is 1. The minimum atomic E-state index is -3.28. The van der Waals surface area contributed by atoms with E-state index in [1.807, 2.05) is 0 Å². The molecule has 2 aliphatic heterocycles. The summed E-state index contributed by atoms with van der Waals surface area (Å²) in [7, 11) is 4.40. The molecule has 45 heavy (non-hydrogen) atoms. The van der Waals surface area contributed by atoms with Gasteiger partial charge in [-0.3, -0.25) is 23.6 Å². The van der Waals surface area contributed by atoms with Crippen LogP contribution in [-0.2, 0) is 27.9 Å². The van der Waals surface area contributed by atoms with Crippen molar-refractivity contribution in [2.45, 2.75) is 70.2 Å². The summed E-state index contributed by atoms with van der Waals surface area (Å²) in [6, 6.07) is 9.72. The van der Waals surface area contributed by atoms with Crippen LogP contribution in [0.2, 0.25) is 0 Å². The normalized spacial score (nSPS) is 20.4. The zero-order valence-corrected chi connectivity index (χ0v) is 26.4. The number of ether oxygens (including phenoxy) is 2. The van der Waals surface area contributed by atoms with Crippen LogP contribution in [0.15, 0.2) is 47.3 Å². The van der Waals surface area contributed by atoms with Gasteiger partial charge in [0.15, 0.2) is 0 Å². The molecule has 5 rings (SSSR count). The number of para-hydroxylation sites is 1. The second-order valence-corrected chi connectivity index (χ2v) is 12.7. The maximum absolute atomic E-state index is 15.6. The van der Waals surface area contributed by atoms with Crippen molar-refractivity contribution < 1.29 is 32.6 Å². The Balaban J connectivity index is 1.43. The van der Waals surface area contributed by atoms with Gasteiger partial charge in [-0.1, -0.05) is 18.2 Å². The van der Waals surface area contributed by atoms with E-state index in [9.17, 15) is 19.2 Å². The van der Waals surface area contributed by atoms with Gasteiger partial charge in [0.25, 0.3) is 11.8 Å². The highest BCUT2D eigenvalue weighted by Gasteiger charge is 2.49. The van der Waals surface area contributed by atoms with E-state index < -0.39 is 47.8 Å². The van der Waals surface area contributed by atoms with Gasteiger partial charge in [0, 0.05) is 27.1 Å². The molecule has 11 nitrogen and oxygen atoms in total. The summed E-state index contributed by atoms with van der Waals surface area (Å²) in [6.45, 7) is 4.58. The number of aromatic nitrogens is 2. The fraction of sp³-hybridized carbons (Fsp3) is 0.500. The van der Waals surface area contributed by atoms with Crippen LogP contribution in [-0.4, -0.2) is 81.7 Å². The lowest BCUT2D eigenvalue weighted by molar-refractivity contribution is -0.151. The molecule has 0 spiro atoms. The van der Waals surface area contributed by atoms with E-state index in [0.29, 0.717) is 22.5 Å². The third kappa shape index (κ3) is 6.12. The molecule has 2 aromatic carbocycles. The number of alkyl halides is 2. The topological polar surface area (TPSA) is 106 Å². The molecule has 0 aliphatic carbocycles. The van der Waals surface area contributed by atoms with Gasteiger partial charge in [0.1, 0.15) is 23.4 Å². The molecule has 13 heteroatoms. The number of halogens is 2. The van der Waals surface area contributed by atoms with E-state index >= 15 is 8.78 Å². The van der Waals surface area contributed by atoms with Crippen LogP contribution >= 0.6 is 0 Å². The van der Waals surface area contributed by atoms with Crippen molar-refractivity contribution in [2.24, 2.45) is 7.05 Å². The molecule has 0 bridgehead atoms. The molecule has 2 unspecified atom stereocenters. The fourth-order valence-corrected chi connectivity index (χ4v) is 6.19. The Labute approximate surface area is 259 Å². The van der Waals surface area contributed by atoms with Gasteiger partial charge in [-0.25, -0.2) is 18.4 Å². The highest BCUT2D eigenvalue weighted by atomic mass is 19.3. The summed E-state index contributed by atoms with van der Waals surface area (Å²) < 4.78 is 44.5. The molecule has 3 amide bonds. The highest BCUT2D eigenvalue weighted by Crippen LogP contribution is 2.37. The Bertz CT molecular complexity index is 1680. The molecule has 2 aliphatic rings. The number of fused-ring (bicyclic) bond motifs is 1. The van der Waals surface area contributed by atoms with Crippen molar-refractivity contribution in [3.63, 3.8) is 0 Å². The number of hydrogen-bond acceptors (Lipinski definition) is 7. The maximum Gasteiger partial charge on any atom is 0.410 e. The number of likely N-dealkylation sites (tertiary alicyclic amines) is 1. The summed E-state index contributed by atoms with van der Waals surface area (Å²) in [5, 5.41) is 0. The number of aryl methyl sites for hydroxylation is 1. The number of carbonyl (C=O) groups excluding carboxylic acids is 3. The zero-order chi connectivity index (χ0) is 32.8. The number of imide groups is 1. The van der Waals surface area contributed by atoms with Crippen LogP contribution < -0.4 is 15.3 Å². The smallest absolute Gasteiger partial charge is 0.410 e. The first kappa shape index (κ1) is 32.0. The first-order valence-corrected chi connectivity index (χ1v) is 14.9. The van der Waals surface area contributed by atoms with Gasteiger partial charge in [-0.2, -0.15) is 0 Å². The van der Waals surface area contributed by atoms with Gasteiger partial charge in [-0.05, 0) is 63.4 Å². The molecule has 3 aromatic rings. The fourth-order valence-electron chi connectivity index (χ4n) is 6.19. The van der Waals surface area contributed by atoms with Gasteiger partial charge in [0.2, 0.25) is 5.91 Å². The Hall–Kier alpha value is -4.42. The average molecular weight is 628 g/mol. The second kappa shape index (κ2) is 11.8. The molecule has 242 valence electrons. The summed E-state index contributed by atoms with van der Waals surface area (Å²) in [5.41, 5.74) is 0.651. The van der Waals surface area contributed by atoms with Crippen LogP contribution in [0.25, 0.3) is 11.0 Å². The number of methoxy groups -OCH3 is 1. The lowest BCUT2D eigenvalue weighted by Crippen LogP contribution is -2.59. The largest absolute Gasteiger partial charge is 0.497 e. The third-order valence-electron chi connectivity index (χ3n) is 8.43. The average Bonchev–Trinajstić information content (AvgIpc) is 3.23. The summed E-state index contributed by atoms with van der Waals surface area (Å²) in [5.74, 6) is -3.47. The van der Waals surface area contributed by atoms with Gasteiger partial charge in [0.05, 0.1) is 36.9 Å². The first-order valence-electron chi connectivity index (χ1n) is 14.9. The number of amides is 3. The molecule has 3 heterocycles. The van der Waals surface area contributed by atoms with E-state index in [0.717, 1.165) is 15.4 Å². The van der Waals surface area contributed by atoms with Crippen molar-refractivity contribution in [3.05, 3.63) is 58.5 Å². The summed E-state index contributed by atoms with van der Waals surface area (Å²) >= 11 is 0. The Kier molecular flexibility index (Phi) is 8.41. The van der Waals surface area contributed by atoms with E-state index in [2.05, 4.69) is 0 Å². The number of carbonyl (C=O) groups is 3. The molecular weight excluding hydrogens is 588 g/mol. The lowest BCUT2D eigenvalue weighted by atomic mass is 9.98. The Morgan fingerprint density at radius 2 is 1.76 bits per heavy atom. The van der Waals surface area contributed by atoms with Crippen LogP contribution in [0.4, 0.5) is 19.3 Å². The number of piperidine rings is 2. The predicted molar refractivity (Wildman–Crippen MR) is 164 cm³/mol. The number of rotatable bonds is 6. The van der Waals surface area contributed by atoms with Crippen molar-refractivity contribution in [2.75, 3.05) is 32.1 Å².